The average Bonchev–Trinajstić information content (AvgIpc) is 3.60. The Bertz CT molecular complexity index is 3160. The van der Waals surface area contributed by atoms with Gasteiger partial charge in [-0.2, -0.15) is 0 Å². The molecule has 0 radical (unpaired) electrons. The maximum atomic E-state index is 5.16. The summed E-state index contributed by atoms with van der Waals surface area (Å²) in [5.74, 6) is 0.711. The highest BCUT2D eigenvalue weighted by molar-refractivity contribution is 6.29. The molecule has 0 aliphatic heterocycles. The Balaban J connectivity index is 1.14. The molecule has 11 aromatic rings. The molecule has 0 unspecified atom stereocenters. The van der Waals surface area contributed by atoms with Gasteiger partial charge in [0.05, 0.1) is 22.4 Å². The lowest BCUT2D eigenvalue weighted by atomic mass is 9.92. The van der Waals surface area contributed by atoms with Gasteiger partial charge in [-0.05, 0) is 85.9 Å². The van der Waals surface area contributed by atoms with Crippen LogP contribution in [0.2, 0.25) is 0 Å². The third-order valence-electron chi connectivity index (χ3n) is 11.0. The monoisotopic (exact) mass is 699 g/mol. The number of para-hydroxylation sites is 1. The first-order valence-corrected chi connectivity index (χ1v) is 18.7. The number of rotatable bonds is 5. The summed E-state index contributed by atoms with van der Waals surface area (Å²) in [6.45, 7) is 0. The van der Waals surface area contributed by atoms with Gasteiger partial charge in [0, 0.05) is 33.2 Å². The second-order valence-corrected chi connectivity index (χ2v) is 14.2. The number of aromatic nitrogens is 3. The van der Waals surface area contributed by atoms with E-state index in [1.807, 2.05) is 12.1 Å². The van der Waals surface area contributed by atoms with Crippen LogP contribution in [0, 0.1) is 0 Å². The van der Waals surface area contributed by atoms with E-state index in [0.717, 1.165) is 33.8 Å². The Hall–Kier alpha value is -7.36. The molecule has 0 aliphatic rings. The first-order chi connectivity index (χ1) is 27.3. The van der Waals surface area contributed by atoms with E-state index in [9.17, 15) is 0 Å². The maximum absolute atomic E-state index is 5.16. The van der Waals surface area contributed by atoms with Crippen molar-refractivity contribution in [2.24, 2.45) is 0 Å². The van der Waals surface area contributed by atoms with Crippen LogP contribution in [0.3, 0.4) is 0 Å². The molecule has 0 saturated heterocycles. The van der Waals surface area contributed by atoms with Crippen molar-refractivity contribution in [3.8, 4) is 50.7 Å². The zero-order valence-corrected chi connectivity index (χ0v) is 29.9. The lowest BCUT2D eigenvalue weighted by molar-refractivity contribution is 1.18. The predicted octanol–water partition coefficient (Wildman–Crippen LogP) is 13.7. The highest BCUT2D eigenvalue weighted by Gasteiger charge is 2.18. The molecule has 0 fully saturated rings. The summed E-state index contributed by atoms with van der Waals surface area (Å²) in [4.78, 5) is 10.3. The third kappa shape index (κ3) is 5.20. The van der Waals surface area contributed by atoms with E-state index in [2.05, 4.69) is 193 Å². The first kappa shape index (κ1) is 31.2. The highest BCUT2D eigenvalue weighted by Crippen LogP contribution is 2.42. The van der Waals surface area contributed by atoms with Crippen LogP contribution in [0.5, 0.6) is 0 Å². The van der Waals surface area contributed by atoms with Gasteiger partial charge in [0.25, 0.3) is 0 Å². The van der Waals surface area contributed by atoms with E-state index in [-0.39, 0.29) is 0 Å². The van der Waals surface area contributed by atoms with Crippen molar-refractivity contribution in [3.05, 3.63) is 200 Å². The van der Waals surface area contributed by atoms with Gasteiger partial charge in [-0.15, -0.1) is 0 Å². The van der Waals surface area contributed by atoms with Crippen LogP contribution >= 0.6 is 0 Å². The third-order valence-corrected chi connectivity index (χ3v) is 11.0. The highest BCUT2D eigenvalue weighted by atomic mass is 15.0. The summed E-state index contributed by atoms with van der Waals surface area (Å²) in [7, 11) is 0. The lowest BCUT2D eigenvalue weighted by Crippen LogP contribution is -1.96. The minimum absolute atomic E-state index is 0.711. The summed E-state index contributed by atoms with van der Waals surface area (Å²) < 4.78 is 2.42. The van der Waals surface area contributed by atoms with Gasteiger partial charge in [0.1, 0.15) is 0 Å². The average molecular weight is 700 g/mol. The molecule has 2 heterocycles. The molecule has 0 bridgehead atoms. The molecule has 55 heavy (non-hydrogen) atoms. The van der Waals surface area contributed by atoms with Crippen molar-refractivity contribution in [1.82, 2.24) is 14.5 Å². The zero-order chi connectivity index (χ0) is 36.3. The van der Waals surface area contributed by atoms with Crippen LogP contribution in [0.25, 0.3) is 105 Å². The van der Waals surface area contributed by atoms with Crippen molar-refractivity contribution in [2.75, 3.05) is 0 Å². The van der Waals surface area contributed by atoms with E-state index in [1.165, 1.54) is 65.3 Å². The fourth-order valence-corrected chi connectivity index (χ4v) is 8.36. The summed E-state index contributed by atoms with van der Waals surface area (Å²) >= 11 is 0. The number of hydrogen-bond acceptors (Lipinski definition) is 2. The van der Waals surface area contributed by atoms with Gasteiger partial charge >= 0.3 is 0 Å². The normalized spacial score (nSPS) is 11.6. The van der Waals surface area contributed by atoms with Crippen LogP contribution < -0.4 is 0 Å². The molecule has 0 atom stereocenters. The maximum Gasteiger partial charge on any atom is 0.160 e. The molecular weight excluding hydrogens is 667 g/mol. The van der Waals surface area contributed by atoms with E-state index >= 15 is 0 Å². The molecule has 0 saturated carbocycles. The quantitative estimate of drug-likeness (QED) is 0.167. The summed E-state index contributed by atoms with van der Waals surface area (Å²) in [6.07, 6.45) is 0. The first-order valence-electron chi connectivity index (χ1n) is 18.7. The second-order valence-electron chi connectivity index (χ2n) is 14.2. The Kier molecular flexibility index (Phi) is 7.17. The van der Waals surface area contributed by atoms with Gasteiger partial charge in [-0.3, -0.25) is 0 Å². The SMILES string of the molecule is c1ccc(-c2ccc(-n3c4ccccc4c4cc5c6ccc(-c7nc(-c8ccccc8)cc(-c8ccccc8)n7)cc6c6ccccc6c5cc43)cc2)cc1. The van der Waals surface area contributed by atoms with E-state index in [4.69, 9.17) is 9.97 Å². The number of hydrogen-bond donors (Lipinski definition) is 0. The van der Waals surface area contributed by atoms with Gasteiger partial charge in [-0.1, -0.05) is 158 Å². The molecule has 256 valence electrons. The second kappa shape index (κ2) is 12.6. The van der Waals surface area contributed by atoms with Gasteiger partial charge in [0.15, 0.2) is 5.82 Å². The fraction of sp³-hybridized carbons (Fsp3) is 0. The molecule has 2 aromatic heterocycles. The van der Waals surface area contributed by atoms with Gasteiger partial charge < -0.3 is 4.57 Å². The number of nitrogens with zero attached hydrogens (tertiary/aromatic N) is 3. The minimum Gasteiger partial charge on any atom is -0.309 e. The predicted molar refractivity (Wildman–Crippen MR) is 231 cm³/mol. The Labute approximate surface area is 318 Å². The van der Waals surface area contributed by atoms with Crippen molar-refractivity contribution in [1.29, 1.82) is 0 Å². The Morgan fingerprint density at radius 1 is 0.273 bits per heavy atom. The smallest absolute Gasteiger partial charge is 0.160 e. The van der Waals surface area contributed by atoms with Crippen LogP contribution in [0.4, 0.5) is 0 Å². The van der Waals surface area contributed by atoms with E-state index in [0.29, 0.717) is 5.82 Å². The number of fused-ring (bicyclic) bond motifs is 9. The molecule has 0 aliphatic carbocycles. The summed E-state index contributed by atoms with van der Waals surface area (Å²) in [5.41, 5.74) is 10.9. The van der Waals surface area contributed by atoms with E-state index in [1.54, 1.807) is 0 Å². The zero-order valence-electron chi connectivity index (χ0n) is 29.9. The summed E-state index contributed by atoms with van der Waals surface area (Å²) in [5, 5.41) is 9.79. The van der Waals surface area contributed by atoms with Crippen LogP contribution in [0.15, 0.2) is 200 Å². The van der Waals surface area contributed by atoms with E-state index < -0.39 is 0 Å². The summed E-state index contributed by atoms with van der Waals surface area (Å²) in [6, 6.07) is 71.5. The minimum atomic E-state index is 0.711. The van der Waals surface area contributed by atoms with Crippen molar-refractivity contribution >= 4 is 54.1 Å². The largest absolute Gasteiger partial charge is 0.309 e. The van der Waals surface area contributed by atoms with Gasteiger partial charge in [0.2, 0.25) is 0 Å². The molecule has 3 heteroatoms. The van der Waals surface area contributed by atoms with Crippen molar-refractivity contribution in [3.63, 3.8) is 0 Å². The fourth-order valence-electron chi connectivity index (χ4n) is 8.36. The molecule has 11 rings (SSSR count). The molecule has 9 aromatic carbocycles. The van der Waals surface area contributed by atoms with Crippen LogP contribution in [-0.2, 0) is 0 Å². The van der Waals surface area contributed by atoms with Crippen LogP contribution in [0.1, 0.15) is 0 Å². The van der Waals surface area contributed by atoms with Crippen molar-refractivity contribution < 1.29 is 0 Å². The lowest BCUT2D eigenvalue weighted by Gasteiger charge is -2.14. The molecule has 0 spiro atoms. The molecule has 0 amide bonds. The van der Waals surface area contributed by atoms with Gasteiger partial charge in [-0.25, -0.2) is 9.97 Å². The number of benzene rings is 9. The Morgan fingerprint density at radius 3 is 1.38 bits per heavy atom. The standard InChI is InChI=1S/C52H33N3/c1-4-14-34(15-5-1)35-24-27-39(28-25-35)55-50-23-13-12-22-43(50)47-31-45-42-29-26-38(30-44(42)40-20-10-11-21-41(40)46(45)32-51(47)55)52-53-48(36-16-6-2-7-17-36)33-49(54-52)37-18-8-3-9-19-37/h1-33H. The van der Waals surface area contributed by atoms with Crippen LogP contribution in [-0.4, -0.2) is 14.5 Å². The van der Waals surface area contributed by atoms with Crippen molar-refractivity contribution in [2.45, 2.75) is 0 Å². The molecular formula is C52H33N3. The molecule has 3 nitrogen and oxygen atoms in total. The molecule has 0 N–H and O–H groups in total. The topological polar surface area (TPSA) is 30.7 Å². The Morgan fingerprint density at radius 2 is 0.745 bits per heavy atom.